The molecule has 39 heavy (non-hydrogen) atoms. The number of carbonyl (C=O) groups excluding carboxylic acids is 2. The average molecular weight is 526 g/mol. The minimum Gasteiger partial charge on any atom is -0.492 e. The van der Waals surface area contributed by atoms with Gasteiger partial charge in [0.15, 0.2) is 11.6 Å². The van der Waals surface area contributed by atoms with Crippen LogP contribution >= 0.6 is 0 Å². The highest BCUT2D eigenvalue weighted by molar-refractivity contribution is 6.03. The predicted molar refractivity (Wildman–Crippen MR) is 146 cm³/mol. The second-order valence-corrected chi connectivity index (χ2v) is 9.54. The van der Waals surface area contributed by atoms with E-state index in [1.54, 1.807) is 36.4 Å². The number of rotatable bonds is 4. The number of methoxy groups -OCH3 is 1. The van der Waals surface area contributed by atoms with Gasteiger partial charge < -0.3 is 24.8 Å². The summed E-state index contributed by atoms with van der Waals surface area (Å²) in [7, 11) is 1.40. The molecular formula is C30H28FN5O3. The number of anilines is 2. The molecule has 0 radical (unpaired) electrons. The van der Waals surface area contributed by atoms with Crippen molar-refractivity contribution in [3.8, 4) is 35.1 Å². The normalized spacial score (nSPS) is 17.7. The molecule has 198 valence electrons. The predicted octanol–water partition coefficient (Wildman–Crippen LogP) is 3.81. The van der Waals surface area contributed by atoms with Gasteiger partial charge in [0.2, 0.25) is 0 Å². The van der Waals surface area contributed by atoms with Crippen LogP contribution in [0.25, 0.3) is 5.69 Å². The summed E-state index contributed by atoms with van der Waals surface area (Å²) in [5.74, 6) is 11.0. The summed E-state index contributed by atoms with van der Waals surface area (Å²) in [6, 6.07) is 6.41. The highest BCUT2D eigenvalue weighted by atomic mass is 19.1. The number of halogens is 1. The zero-order chi connectivity index (χ0) is 27.6. The number of nitrogens with zero attached hydrogens (tertiary/aromatic N) is 3. The third kappa shape index (κ3) is 4.80. The van der Waals surface area contributed by atoms with Crippen molar-refractivity contribution in [3.05, 3.63) is 65.5 Å². The van der Waals surface area contributed by atoms with Gasteiger partial charge in [-0.2, -0.15) is 0 Å². The van der Waals surface area contributed by atoms with Gasteiger partial charge in [-0.3, -0.25) is 14.6 Å². The fourth-order valence-electron chi connectivity index (χ4n) is 5.19. The van der Waals surface area contributed by atoms with Crippen molar-refractivity contribution in [2.45, 2.75) is 38.6 Å². The monoisotopic (exact) mass is 525 g/mol. The maximum absolute atomic E-state index is 14.4. The van der Waals surface area contributed by atoms with Gasteiger partial charge in [0.05, 0.1) is 35.3 Å². The molecule has 2 aliphatic heterocycles. The first-order valence-electron chi connectivity index (χ1n) is 12.7. The van der Waals surface area contributed by atoms with Gasteiger partial charge in [0.25, 0.3) is 11.8 Å². The average Bonchev–Trinajstić information content (AvgIpc) is 3.49. The van der Waals surface area contributed by atoms with Crippen molar-refractivity contribution in [1.29, 1.82) is 0 Å². The number of likely N-dealkylation sites (tertiary alicyclic amines) is 1. The second-order valence-electron chi connectivity index (χ2n) is 9.54. The Morgan fingerprint density at radius 2 is 2.13 bits per heavy atom. The Morgan fingerprint density at radius 3 is 2.92 bits per heavy atom. The lowest BCUT2D eigenvalue weighted by Gasteiger charge is -2.28. The van der Waals surface area contributed by atoms with E-state index in [1.807, 2.05) is 23.8 Å². The van der Waals surface area contributed by atoms with Gasteiger partial charge in [-0.25, -0.2) is 4.39 Å². The summed E-state index contributed by atoms with van der Waals surface area (Å²) < 4.78 is 21.5. The van der Waals surface area contributed by atoms with E-state index in [0.29, 0.717) is 42.0 Å². The van der Waals surface area contributed by atoms with E-state index in [4.69, 9.17) is 4.74 Å². The Morgan fingerprint density at radius 1 is 1.28 bits per heavy atom. The number of hydrogen-bond donors (Lipinski definition) is 2. The van der Waals surface area contributed by atoms with E-state index in [9.17, 15) is 14.0 Å². The first-order chi connectivity index (χ1) is 18.9. The van der Waals surface area contributed by atoms with Crippen molar-refractivity contribution in [1.82, 2.24) is 19.8 Å². The molecule has 0 bridgehead atoms. The highest BCUT2D eigenvalue weighted by Crippen LogP contribution is 2.36. The number of ether oxygens (including phenoxy) is 1. The van der Waals surface area contributed by atoms with Crippen LogP contribution < -0.4 is 15.4 Å². The van der Waals surface area contributed by atoms with Crippen LogP contribution in [0.1, 0.15) is 48.3 Å². The summed E-state index contributed by atoms with van der Waals surface area (Å²) in [6.45, 7) is 4.69. The Hall–Kier alpha value is -4.76. The molecular weight excluding hydrogens is 497 g/mol. The molecule has 2 aromatic heterocycles. The number of nitrogens with one attached hydrogen (secondary N) is 2. The largest absolute Gasteiger partial charge is 0.492 e. The topological polar surface area (TPSA) is 88.5 Å². The van der Waals surface area contributed by atoms with E-state index in [-0.39, 0.29) is 17.6 Å². The summed E-state index contributed by atoms with van der Waals surface area (Å²) in [6.07, 6.45) is 7.34. The standard InChI is InChI=1S/C30H28FN5O3/c1-4-7-26(37)36-17-6-13-30(36,2)14-10-20-18-32-15-11-24(20)35-19-23(27-25(35)12-16-33-29(27)38)34-22-9-5-8-21(31)28(22)39-3/h5,8-9,11,15,18-19,34H,6,12-13,16-17H2,1-3H3,(H,33,38)/t30-/m1/s1. The Kier molecular flexibility index (Phi) is 7.00. The second kappa shape index (κ2) is 10.5. The van der Waals surface area contributed by atoms with Crippen LogP contribution in [0.5, 0.6) is 5.75 Å². The van der Waals surface area contributed by atoms with E-state index in [2.05, 4.69) is 39.3 Å². The number of para-hydroxylation sites is 1. The molecule has 0 saturated carbocycles. The van der Waals surface area contributed by atoms with Gasteiger partial charge in [-0.1, -0.05) is 23.8 Å². The van der Waals surface area contributed by atoms with Crippen LogP contribution in [0.2, 0.25) is 0 Å². The number of aromatic nitrogens is 2. The number of amides is 2. The Balaban J connectivity index is 1.58. The summed E-state index contributed by atoms with van der Waals surface area (Å²) in [5, 5.41) is 6.08. The fourth-order valence-corrected chi connectivity index (χ4v) is 5.19. The molecule has 5 rings (SSSR count). The molecule has 1 atom stereocenters. The lowest BCUT2D eigenvalue weighted by molar-refractivity contribution is -0.127. The molecule has 0 aliphatic carbocycles. The van der Waals surface area contributed by atoms with E-state index in [1.165, 1.54) is 13.2 Å². The molecule has 2 N–H and O–H groups in total. The minimum absolute atomic E-state index is 0.0577. The number of hydrogen-bond acceptors (Lipinski definition) is 5. The van der Waals surface area contributed by atoms with Crippen LogP contribution in [0.3, 0.4) is 0 Å². The van der Waals surface area contributed by atoms with Crippen LogP contribution in [0.4, 0.5) is 15.8 Å². The molecule has 1 saturated heterocycles. The lowest BCUT2D eigenvalue weighted by atomic mass is 9.99. The molecule has 2 aliphatic rings. The van der Waals surface area contributed by atoms with Gasteiger partial charge in [-0.15, -0.1) is 0 Å². The van der Waals surface area contributed by atoms with Gasteiger partial charge in [0.1, 0.15) is 5.54 Å². The molecule has 1 fully saturated rings. The van der Waals surface area contributed by atoms with E-state index >= 15 is 0 Å². The first-order valence-corrected chi connectivity index (χ1v) is 12.7. The van der Waals surface area contributed by atoms with Crippen LogP contribution in [-0.2, 0) is 11.2 Å². The van der Waals surface area contributed by atoms with Gasteiger partial charge in [0, 0.05) is 43.8 Å². The van der Waals surface area contributed by atoms with Gasteiger partial charge >= 0.3 is 0 Å². The summed E-state index contributed by atoms with van der Waals surface area (Å²) in [4.78, 5) is 31.6. The number of carbonyl (C=O) groups is 2. The number of pyridine rings is 1. The Labute approximate surface area is 226 Å². The maximum atomic E-state index is 14.4. The van der Waals surface area contributed by atoms with Crippen LogP contribution in [-0.4, -0.2) is 52.0 Å². The molecule has 0 spiro atoms. The molecule has 1 aromatic carbocycles. The van der Waals surface area contributed by atoms with Gasteiger partial charge in [-0.05, 0) is 50.8 Å². The highest BCUT2D eigenvalue weighted by Gasteiger charge is 2.38. The zero-order valence-corrected chi connectivity index (χ0v) is 22.0. The van der Waals surface area contributed by atoms with Crippen LogP contribution in [0, 0.1) is 29.5 Å². The third-order valence-corrected chi connectivity index (χ3v) is 7.06. The smallest absolute Gasteiger partial charge is 0.299 e. The quantitative estimate of drug-likeness (QED) is 0.506. The molecule has 3 aromatic rings. The van der Waals surface area contributed by atoms with E-state index in [0.717, 1.165) is 24.2 Å². The van der Waals surface area contributed by atoms with Crippen molar-refractivity contribution >= 4 is 23.2 Å². The summed E-state index contributed by atoms with van der Waals surface area (Å²) in [5.41, 5.74) is 2.94. The van der Waals surface area contributed by atoms with E-state index < -0.39 is 11.4 Å². The van der Waals surface area contributed by atoms with Crippen molar-refractivity contribution in [2.75, 3.05) is 25.5 Å². The Bertz CT molecular complexity index is 1590. The molecule has 4 heterocycles. The molecule has 8 nitrogen and oxygen atoms in total. The first kappa shape index (κ1) is 25.9. The maximum Gasteiger partial charge on any atom is 0.299 e. The van der Waals surface area contributed by atoms with Crippen molar-refractivity contribution in [3.63, 3.8) is 0 Å². The lowest BCUT2D eigenvalue weighted by Crippen LogP contribution is -2.43. The summed E-state index contributed by atoms with van der Waals surface area (Å²) >= 11 is 0. The minimum atomic E-state index is -0.648. The SMILES string of the molecule is CC#CC(=O)N1CCC[C@]1(C)C#Cc1cnccc1-n1cc(Nc2cccc(F)c2OC)c2c1CCNC2=O. The number of fused-ring (bicyclic) bond motifs is 1. The van der Waals surface area contributed by atoms with Crippen LogP contribution in [0.15, 0.2) is 42.9 Å². The van der Waals surface area contributed by atoms with Crippen molar-refractivity contribution in [2.24, 2.45) is 0 Å². The third-order valence-electron chi connectivity index (χ3n) is 7.06. The molecule has 9 heteroatoms. The fraction of sp³-hybridized carbons (Fsp3) is 0.300. The zero-order valence-electron chi connectivity index (χ0n) is 22.0. The number of benzene rings is 1. The van der Waals surface area contributed by atoms with Crippen molar-refractivity contribution < 1.29 is 18.7 Å². The molecule has 0 unspecified atom stereocenters. The molecule has 2 amide bonds.